The molecule has 0 aliphatic carbocycles. The van der Waals surface area contributed by atoms with Gasteiger partial charge in [-0.05, 0) is 49.6 Å². The summed E-state index contributed by atoms with van der Waals surface area (Å²) in [6, 6.07) is 4.49. The number of hydrogen-bond acceptors (Lipinski definition) is 3. The Morgan fingerprint density at radius 2 is 2.05 bits per heavy atom. The molecule has 4 heteroatoms. The van der Waals surface area contributed by atoms with Crippen LogP contribution in [0.4, 0.5) is 0 Å². The molecular formula is C15H22N4. The fraction of sp³-hybridized carbons (Fsp3) is 0.467. The van der Waals surface area contributed by atoms with Gasteiger partial charge in [-0.1, -0.05) is 6.92 Å². The van der Waals surface area contributed by atoms with Gasteiger partial charge in [0.25, 0.3) is 0 Å². The molecule has 0 amide bonds. The van der Waals surface area contributed by atoms with E-state index in [0.29, 0.717) is 6.04 Å². The Morgan fingerprint density at radius 1 is 1.26 bits per heavy atom. The van der Waals surface area contributed by atoms with E-state index in [1.54, 1.807) is 0 Å². The van der Waals surface area contributed by atoms with Gasteiger partial charge in [-0.2, -0.15) is 5.10 Å². The lowest BCUT2D eigenvalue weighted by atomic mass is 10.0. The van der Waals surface area contributed by atoms with Gasteiger partial charge >= 0.3 is 0 Å². The fourth-order valence-electron chi connectivity index (χ4n) is 2.14. The largest absolute Gasteiger partial charge is 0.310 e. The van der Waals surface area contributed by atoms with E-state index in [-0.39, 0.29) is 0 Å². The number of hydrogen-bond donors (Lipinski definition) is 1. The molecule has 0 fully saturated rings. The molecule has 2 aromatic rings. The molecule has 0 spiro atoms. The van der Waals surface area contributed by atoms with Crippen LogP contribution in [0.1, 0.15) is 37.4 Å². The summed E-state index contributed by atoms with van der Waals surface area (Å²) in [6.45, 7) is 6.23. The van der Waals surface area contributed by atoms with E-state index < -0.39 is 0 Å². The molecule has 2 rings (SSSR count). The topological polar surface area (TPSA) is 42.7 Å². The third-order valence-corrected chi connectivity index (χ3v) is 3.20. The van der Waals surface area contributed by atoms with Crippen LogP contribution in [0.3, 0.4) is 0 Å². The third-order valence-electron chi connectivity index (χ3n) is 3.20. The number of aromatic nitrogens is 3. The molecule has 0 aliphatic rings. The average molecular weight is 258 g/mol. The van der Waals surface area contributed by atoms with Crippen molar-refractivity contribution in [2.45, 2.75) is 39.3 Å². The van der Waals surface area contributed by atoms with E-state index >= 15 is 0 Å². The van der Waals surface area contributed by atoms with E-state index in [4.69, 9.17) is 0 Å². The first-order chi connectivity index (χ1) is 9.33. The molecule has 19 heavy (non-hydrogen) atoms. The van der Waals surface area contributed by atoms with Crippen molar-refractivity contribution >= 4 is 0 Å². The van der Waals surface area contributed by atoms with Crippen molar-refractivity contribution in [2.24, 2.45) is 0 Å². The summed E-state index contributed by atoms with van der Waals surface area (Å²) in [7, 11) is 0. The number of rotatable bonds is 7. The molecule has 0 aromatic carbocycles. The minimum absolute atomic E-state index is 0.331. The van der Waals surface area contributed by atoms with Gasteiger partial charge in [-0.15, -0.1) is 0 Å². The highest BCUT2D eigenvalue weighted by Crippen LogP contribution is 2.17. The van der Waals surface area contributed by atoms with Crippen molar-refractivity contribution < 1.29 is 0 Å². The Kier molecular flexibility index (Phi) is 5.10. The predicted molar refractivity (Wildman–Crippen MR) is 76.9 cm³/mol. The summed E-state index contributed by atoms with van der Waals surface area (Å²) in [5, 5.41) is 7.93. The van der Waals surface area contributed by atoms with E-state index in [0.717, 1.165) is 25.9 Å². The highest BCUT2D eigenvalue weighted by atomic mass is 15.3. The average Bonchev–Trinajstić information content (AvgIpc) is 2.92. The van der Waals surface area contributed by atoms with E-state index in [1.807, 2.05) is 23.3 Å². The van der Waals surface area contributed by atoms with Crippen molar-refractivity contribution in [3.63, 3.8) is 0 Å². The maximum atomic E-state index is 4.34. The molecule has 102 valence electrons. The Bertz CT molecular complexity index is 478. The molecule has 1 N–H and O–H groups in total. The van der Waals surface area contributed by atoms with Crippen molar-refractivity contribution in [2.75, 3.05) is 6.54 Å². The van der Waals surface area contributed by atoms with Crippen LogP contribution in [0.5, 0.6) is 0 Å². The smallest absolute Gasteiger partial charge is 0.0522 e. The molecule has 0 aliphatic heterocycles. The van der Waals surface area contributed by atoms with Gasteiger partial charge in [0.2, 0.25) is 0 Å². The van der Waals surface area contributed by atoms with Crippen LogP contribution in [0.2, 0.25) is 0 Å². The van der Waals surface area contributed by atoms with Crippen molar-refractivity contribution in [1.82, 2.24) is 20.1 Å². The van der Waals surface area contributed by atoms with Gasteiger partial charge in [0.05, 0.1) is 6.20 Å². The molecule has 1 unspecified atom stereocenters. The number of pyridine rings is 1. The molecule has 0 radical (unpaired) electrons. The molecule has 0 saturated carbocycles. The van der Waals surface area contributed by atoms with Crippen LogP contribution in [-0.2, 0) is 13.0 Å². The van der Waals surface area contributed by atoms with Crippen LogP contribution in [0.15, 0.2) is 36.9 Å². The van der Waals surface area contributed by atoms with Crippen LogP contribution in [0.25, 0.3) is 0 Å². The zero-order valence-corrected chi connectivity index (χ0v) is 11.7. The first-order valence-corrected chi connectivity index (χ1v) is 6.98. The second kappa shape index (κ2) is 7.04. The first kappa shape index (κ1) is 13.7. The lowest BCUT2D eigenvalue weighted by molar-refractivity contribution is 0.528. The van der Waals surface area contributed by atoms with Crippen LogP contribution in [0, 0.1) is 0 Å². The van der Waals surface area contributed by atoms with Crippen molar-refractivity contribution in [3.05, 3.63) is 48.0 Å². The maximum Gasteiger partial charge on any atom is 0.0522 e. The van der Waals surface area contributed by atoms with Crippen molar-refractivity contribution in [3.8, 4) is 0 Å². The molecular weight excluding hydrogens is 236 g/mol. The second-order valence-corrected chi connectivity index (χ2v) is 4.70. The lowest BCUT2D eigenvalue weighted by Gasteiger charge is -2.18. The van der Waals surface area contributed by atoms with Crippen LogP contribution < -0.4 is 5.32 Å². The molecule has 4 nitrogen and oxygen atoms in total. The highest BCUT2D eigenvalue weighted by molar-refractivity contribution is 5.19. The number of aryl methyl sites for hydroxylation is 1. The van der Waals surface area contributed by atoms with Crippen LogP contribution >= 0.6 is 0 Å². The Morgan fingerprint density at radius 3 is 2.68 bits per heavy atom. The molecule has 0 saturated heterocycles. The minimum atomic E-state index is 0.331. The Hall–Kier alpha value is -1.68. The van der Waals surface area contributed by atoms with Crippen molar-refractivity contribution in [1.29, 1.82) is 0 Å². The van der Waals surface area contributed by atoms with Gasteiger partial charge in [0.15, 0.2) is 0 Å². The van der Waals surface area contributed by atoms with E-state index in [9.17, 15) is 0 Å². The van der Waals surface area contributed by atoms with E-state index in [1.165, 1.54) is 11.1 Å². The Balaban J connectivity index is 2.09. The maximum absolute atomic E-state index is 4.34. The van der Waals surface area contributed by atoms with E-state index in [2.05, 4.69) is 47.6 Å². The normalized spacial score (nSPS) is 12.5. The second-order valence-electron chi connectivity index (χ2n) is 4.70. The zero-order chi connectivity index (χ0) is 13.5. The Labute approximate surface area is 114 Å². The predicted octanol–water partition coefficient (Wildman–Crippen LogP) is 2.58. The fourth-order valence-corrected chi connectivity index (χ4v) is 2.14. The summed E-state index contributed by atoms with van der Waals surface area (Å²) < 4.78 is 1.97. The summed E-state index contributed by atoms with van der Waals surface area (Å²) in [6.07, 6.45) is 9.89. The molecule has 0 bridgehead atoms. The minimum Gasteiger partial charge on any atom is -0.310 e. The van der Waals surface area contributed by atoms with Crippen LogP contribution in [-0.4, -0.2) is 21.3 Å². The monoisotopic (exact) mass is 258 g/mol. The van der Waals surface area contributed by atoms with Gasteiger partial charge in [0, 0.05) is 31.2 Å². The number of nitrogens with zero attached hydrogens (tertiary/aromatic N) is 3. The standard InChI is InChI=1S/C15H22N4/c1-3-7-17-15(14-5-8-16-9-6-14)10-13-11-18-19(4-2)12-13/h5-6,8-9,11-12,15,17H,3-4,7,10H2,1-2H3. The third kappa shape index (κ3) is 3.89. The zero-order valence-electron chi connectivity index (χ0n) is 11.7. The molecule has 2 heterocycles. The SMILES string of the molecule is CCCNC(Cc1cnn(CC)c1)c1ccncc1. The molecule has 2 aromatic heterocycles. The summed E-state index contributed by atoms with van der Waals surface area (Å²) in [5.74, 6) is 0. The summed E-state index contributed by atoms with van der Waals surface area (Å²) >= 11 is 0. The van der Waals surface area contributed by atoms with Gasteiger partial charge in [-0.25, -0.2) is 0 Å². The molecule has 1 atom stereocenters. The summed E-state index contributed by atoms with van der Waals surface area (Å²) in [4.78, 5) is 4.09. The van der Waals surface area contributed by atoms with Gasteiger partial charge in [-0.3, -0.25) is 9.67 Å². The number of nitrogens with one attached hydrogen (secondary N) is 1. The quantitative estimate of drug-likeness (QED) is 0.830. The summed E-state index contributed by atoms with van der Waals surface area (Å²) in [5.41, 5.74) is 2.56. The first-order valence-electron chi connectivity index (χ1n) is 6.98. The van der Waals surface area contributed by atoms with Gasteiger partial charge < -0.3 is 5.32 Å². The lowest BCUT2D eigenvalue weighted by Crippen LogP contribution is -2.24. The van der Waals surface area contributed by atoms with Gasteiger partial charge in [0.1, 0.15) is 0 Å². The highest BCUT2D eigenvalue weighted by Gasteiger charge is 2.12.